The van der Waals surface area contributed by atoms with E-state index < -0.39 is 32.5 Å². The van der Waals surface area contributed by atoms with E-state index in [4.69, 9.17) is 19.3 Å². The summed E-state index contributed by atoms with van der Waals surface area (Å²) in [7, 11) is -4.69. The van der Waals surface area contributed by atoms with Crippen molar-refractivity contribution in [2.75, 3.05) is 13.2 Å². The second-order valence-corrected chi connectivity index (χ2v) is 8.93. The summed E-state index contributed by atoms with van der Waals surface area (Å²) in [6, 6.07) is 0. The molecule has 30 heavy (non-hydrogen) atoms. The molecule has 0 saturated carbocycles. The molecule has 2 N–H and O–H groups in total. The maximum absolute atomic E-state index is 11.9. The van der Waals surface area contributed by atoms with E-state index in [9.17, 15) is 14.2 Å². The first-order chi connectivity index (χ1) is 14.2. The first-order valence-corrected chi connectivity index (χ1v) is 12.8. The monoisotopic (exact) mass is 452 g/mol. The highest BCUT2D eigenvalue weighted by atomic mass is 31.2. The molecule has 1 atom stereocenters. The molecule has 9 heteroatoms. The van der Waals surface area contributed by atoms with Crippen LogP contribution in [0.2, 0.25) is 0 Å². The Morgan fingerprint density at radius 3 is 1.70 bits per heavy atom. The highest BCUT2D eigenvalue weighted by molar-refractivity contribution is 7.46. The Balaban J connectivity index is 3.74. The second-order valence-electron chi connectivity index (χ2n) is 7.69. The molecular weight excluding hydrogens is 411 g/mol. The Hall–Kier alpha value is -0.950. The van der Waals surface area contributed by atoms with E-state index in [-0.39, 0.29) is 13.0 Å². The SMILES string of the molecule is CCCCCCCCCCCCCCCC(=O)OC(COC(C)=O)COP(=O)(O)O. The number of rotatable bonds is 20. The standard InChI is InChI=1S/C21H41O8P/c1-3-4-5-6-7-8-9-10-11-12-13-14-15-16-21(23)29-20(17-27-19(2)22)18-28-30(24,25)26/h20H,3-18H2,1-2H3,(H2,24,25,26). The van der Waals surface area contributed by atoms with Gasteiger partial charge in [0.25, 0.3) is 0 Å². The summed E-state index contributed by atoms with van der Waals surface area (Å²) in [5, 5.41) is 0. The molecule has 0 aliphatic rings. The van der Waals surface area contributed by atoms with Gasteiger partial charge in [-0.1, -0.05) is 84.0 Å². The minimum Gasteiger partial charge on any atom is -0.462 e. The number of carbonyl (C=O) groups is 2. The molecule has 0 aliphatic carbocycles. The van der Waals surface area contributed by atoms with Gasteiger partial charge in [0.15, 0.2) is 6.10 Å². The molecule has 0 spiro atoms. The molecule has 0 fully saturated rings. The van der Waals surface area contributed by atoms with Gasteiger partial charge in [-0.25, -0.2) is 4.57 Å². The lowest BCUT2D eigenvalue weighted by molar-refractivity contribution is -0.160. The number of phosphoric acid groups is 1. The summed E-state index contributed by atoms with van der Waals surface area (Å²) in [4.78, 5) is 40.3. The molecule has 178 valence electrons. The van der Waals surface area contributed by atoms with Gasteiger partial charge in [0.2, 0.25) is 0 Å². The maximum atomic E-state index is 11.9. The van der Waals surface area contributed by atoms with Crippen LogP contribution in [0.15, 0.2) is 0 Å². The summed E-state index contributed by atoms with van der Waals surface area (Å²) in [6.45, 7) is 2.58. The molecule has 0 radical (unpaired) electrons. The zero-order valence-electron chi connectivity index (χ0n) is 18.7. The Kier molecular flexibility index (Phi) is 18.2. The highest BCUT2D eigenvalue weighted by Gasteiger charge is 2.22. The van der Waals surface area contributed by atoms with Crippen LogP contribution in [0.5, 0.6) is 0 Å². The topological polar surface area (TPSA) is 119 Å². The van der Waals surface area contributed by atoms with E-state index in [0.29, 0.717) is 6.42 Å². The van der Waals surface area contributed by atoms with E-state index in [1.54, 1.807) is 0 Å². The molecule has 0 rings (SSSR count). The lowest BCUT2D eigenvalue weighted by Gasteiger charge is -2.18. The summed E-state index contributed by atoms with van der Waals surface area (Å²) in [5.74, 6) is -1.08. The molecule has 0 aliphatic heterocycles. The maximum Gasteiger partial charge on any atom is 0.469 e. The van der Waals surface area contributed by atoms with Crippen LogP contribution in [0.25, 0.3) is 0 Å². The Labute approximate surface area is 181 Å². The summed E-state index contributed by atoms with van der Waals surface area (Å²) >= 11 is 0. The van der Waals surface area contributed by atoms with E-state index in [1.165, 1.54) is 64.7 Å². The second kappa shape index (κ2) is 18.8. The van der Waals surface area contributed by atoms with Crippen molar-refractivity contribution >= 4 is 19.8 Å². The number of unbranched alkanes of at least 4 members (excludes halogenated alkanes) is 12. The van der Waals surface area contributed by atoms with E-state index >= 15 is 0 Å². The summed E-state index contributed by atoms with van der Waals surface area (Å²) in [6.07, 6.45) is 14.9. The average molecular weight is 453 g/mol. The number of ether oxygens (including phenoxy) is 2. The predicted molar refractivity (Wildman–Crippen MR) is 115 cm³/mol. The molecule has 8 nitrogen and oxygen atoms in total. The van der Waals surface area contributed by atoms with Crippen LogP contribution in [0, 0.1) is 0 Å². The van der Waals surface area contributed by atoms with Gasteiger partial charge in [0, 0.05) is 13.3 Å². The Morgan fingerprint density at radius 1 is 0.800 bits per heavy atom. The molecule has 0 amide bonds. The molecule has 0 heterocycles. The van der Waals surface area contributed by atoms with Crippen LogP contribution in [0.1, 0.15) is 104 Å². The lowest BCUT2D eigenvalue weighted by atomic mass is 10.0. The van der Waals surface area contributed by atoms with Crippen molar-refractivity contribution < 1.29 is 37.9 Å². The first kappa shape index (κ1) is 29.1. The van der Waals surface area contributed by atoms with Gasteiger partial charge in [-0.05, 0) is 6.42 Å². The minimum atomic E-state index is -4.69. The summed E-state index contributed by atoms with van der Waals surface area (Å²) < 4.78 is 25.0. The quantitative estimate of drug-likeness (QED) is 0.150. The fraction of sp³-hybridized carbons (Fsp3) is 0.905. The van der Waals surface area contributed by atoms with Crippen LogP contribution in [-0.2, 0) is 28.2 Å². The molecule has 0 saturated heterocycles. The fourth-order valence-electron chi connectivity index (χ4n) is 3.04. The average Bonchev–Trinajstić information content (AvgIpc) is 2.66. The zero-order valence-corrected chi connectivity index (χ0v) is 19.6. The first-order valence-electron chi connectivity index (χ1n) is 11.3. The zero-order chi connectivity index (χ0) is 22.7. The normalized spacial score (nSPS) is 12.5. The van der Waals surface area contributed by atoms with E-state index in [0.717, 1.165) is 19.3 Å². The van der Waals surface area contributed by atoms with Crippen molar-refractivity contribution in [1.82, 2.24) is 0 Å². The Morgan fingerprint density at radius 2 is 1.27 bits per heavy atom. The molecule has 0 aromatic rings. The smallest absolute Gasteiger partial charge is 0.462 e. The van der Waals surface area contributed by atoms with Gasteiger partial charge in [-0.15, -0.1) is 0 Å². The third-order valence-electron chi connectivity index (χ3n) is 4.68. The molecule has 0 bridgehead atoms. The number of esters is 2. The number of carbonyl (C=O) groups excluding carboxylic acids is 2. The van der Waals surface area contributed by atoms with Gasteiger partial charge >= 0.3 is 19.8 Å². The molecule has 0 aromatic carbocycles. The fourth-order valence-corrected chi connectivity index (χ4v) is 3.40. The predicted octanol–water partition coefficient (Wildman–Crippen LogP) is 5.05. The largest absolute Gasteiger partial charge is 0.469 e. The van der Waals surface area contributed by atoms with Crippen molar-refractivity contribution in [1.29, 1.82) is 0 Å². The van der Waals surface area contributed by atoms with Crippen molar-refractivity contribution in [2.45, 2.75) is 110 Å². The lowest BCUT2D eigenvalue weighted by Crippen LogP contribution is -2.29. The van der Waals surface area contributed by atoms with Gasteiger partial charge in [0.05, 0.1) is 6.61 Å². The number of hydrogen-bond donors (Lipinski definition) is 2. The third kappa shape index (κ3) is 21.8. The molecule has 0 aromatic heterocycles. The van der Waals surface area contributed by atoms with Crippen LogP contribution in [0.3, 0.4) is 0 Å². The molecular formula is C21H41O8P. The van der Waals surface area contributed by atoms with Crippen LogP contribution in [-0.4, -0.2) is 41.0 Å². The Bertz CT molecular complexity index is 491. The van der Waals surface area contributed by atoms with Crippen molar-refractivity contribution in [3.05, 3.63) is 0 Å². The van der Waals surface area contributed by atoms with E-state index in [2.05, 4.69) is 11.4 Å². The van der Waals surface area contributed by atoms with Crippen LogP contribution in [0.4, 0.5) is 0 Å². The van der Waals surface area contributed by atoms with Crippen LogP contribution >= 0.6 is 7.82 Å². The third-order valence-corrected chi connectivity index (χ3v) is 5.17. The van der Waals surface area contributed by atoms with Gasteiger partial charge < -0.3 is 19.3 Å². The van der Waals surface area contributed by atoms with E-state index in [1.807, 2.05) is 0 Å². The number of phosphoric ester groups is 1. The van der Waals surface area contributed by atoms with Crippen LogP contribution < -0.4 is 0 Å². The van der Waals surface area contributed by atoms with Crippen molar-refractivity contribution in [3.8, 4) is 0 Å². The minimum absolute atomic E-state index is 0.213. The summed E-state index contributed by atoms with van der Waals surface area (Å²) in [5.41, 5.74) is 0. The number of hydrogen-bond acceptors (Lipinski definition) is 6. The highest BCUT2D eigenvalue weighted by Crippen LogP contribution is 2.35. The van der Waals surface area contributed by atoms with Gasteiger partial charge in [-0.2, -0.15) is 0 Å². The van der Waals surface area contributed by atoms with Gasteiger partial charge in [0.1, 0.15) is 6.61 Å². The molecule has 1 unspecified atom stereocenters. The van der Waals surface area contributed by atoms with Crippen molar-refractivity contribution in [2.24, 2.45) is 0 Å². The van der Waals surface area contributed by atoms with Crippen molar-refractivity contribution in [3.63, 3.8) is 0 Å². The van der Waals surface area contributed by atoms with Gasteiger partial charge in [-0.3, -0.25) is 14.1 Å².